The fourth-order valence-electron chi connectivity index (χ4n) is 3.03. The summed E-state index contributed by atoms with van der Waals surface area (Å²) in [5.41, 5.74) is 5.37. The number of nitrogens with two attached hydrogens (primary N) is 1. The lowest BCUT2D eigenvalue weighted by atomic mass is 9.83. The molecule has 1 aliphatic carbocycles. The van der Waals surface area contributed by atoms with E-state index in [0.717, 1.165) is 18.8 Å². The second kappa shape index (κ2) is 7.78. The Labute approximate surface area is 111 Å². The van der Waals surface area contributed by atoms with Crippen LogP contribution in [0.1, 0.15) is 65.2 Å². The van der Waals surface area contributed by atoms with Gasteiger partial charge in [-0.15, -0.1) is 0 Å². The number of aliphatic hydroxyl groups is 1. The van der Waals surface area contributed by atoms with Crippen LogP contribution < -0.4 is 5.73 Å². The Kier molecular flexibility index (Phi) is 6.69. The van der Waals surface area contributed by atoms with Crippen molar-refractivity contribution in [3.05, 3.63) is 0 Å². The summed E-state index contributed by atoms with van der Waals surface area (Å²) in [6.07, 6.45) is 8.77. The number of primary amides is 1. The van der Waals surface area contributed by atoms with Gasteiger partial charge in [-0.25, -0.2) is 0 Å². The molecule has 0 aliphatic heterocycles. The molecular weight excluding hydrogens is 226 g/mol. The molecule has 3 N–H and O–H groups in total. The fourth-order valence-corrected chi connectivity index (χ4v) is 3.03. The molecule has 106 valence electrons. The zero-order valence-corrected chi connectivity index (χ0v) is 11.9. The summed E-state index contributed by atoms with van der Waals surface area (Å²) < 4.78 is 0. The van der Waals surface area contributed by atoms with Gasteiger partial charge in [0, 0.05) is 5.92 Å². The van der Waals surface area contributed by atoms with Crippen molar-refractivity contribution in [1.82, 2.24) is 0 Å². The van der Waals surface area contributed by atoms with Gasteiger partial charge in [-0.2, -0.15) is 0 Å². The molecule has 1 amide bonds. The van der Waals surface area contributed by atoms with Gasteiger partial charge in [-0.3, -0.25) is 4.79 Å². The van der Waals surface area contributed by atoms with Gasteiger partial charge in [0.1, 0.15) is 0 Å². The van der Waals surface area contributed by atoms with Gasteiger partial charge in [0.2, 0.25) is 5.91 Å². The quantitative estimate of drug-likeness (QED) is 0.734. The predicted octanol–water partition coefficient (Wildman–Crippen LogP) is 2.86. The van der Waals surface area contributed by atoms with Crippen LogP contribution >= 0.6 is 0 Å². The van der Waals surface area contributed by atoms with E-state index >= 15 is 0 Å². The van der Waals surface area contributed by atoms with Crippen molar-refractivity contribution in [2.24, 2.45) is 23.5 Å². The van der Waals surface area contributed by atoms with Crippen LogP contribution in [-0.4, -0.2) is 17.1 Å². The van der Waals surface area contributed by atoms with E-state index in [1.807, 2.05) is 13.8 Å². The highest BCUT2D eigenvalue weighted by molar-refractivity contribution is 5.76. The van der Waals surface area contributed by atoms with E-state index in [2.05, 4.69) is 0 Å². The normalized spacial score (nSPS) is 20.9. The van der Waals surface area contributed by atoms with E-state index < -0.39 is 0 Å². The van der Waals surface area contributed by atoms with Crippen LogP contribution in [0.3, 0.4) is 0 Å². The van der Waals surface area contributed by atoms with Crippen LogP contribution in [0.15, 0.2) is 0 Å². The molecule has 18 heavy (non-hydrogen) atoms. The van der Waals surface area contributed by atoms with Crippen molar-refractivity contribution in [2.45, 2.75) is 71.3 Å². The third-order valence-corrected chi connectivity index (χ3v) is 4.33. The third kappa shape index (κ3) is 5.38. The molecule has 1 rings (SSSR count). The van der Waals surface area contributed by atoms with E-state index in [-0.39, 0.29) is 23.8 Å². The summed E-state index contributed by atoms with van der Waals surface area (Å²) in [5, 5.41) is 10.0. The molecule has 3 heteroatoms. The van der Waals surface area contributed by atoms with Crippen molar-refractivity contribution >= 4 is 5.91 Å². The molecule has 0 aromatic heterocycles. The molecule has 1 fully saturated rings. The minimum Gasteiger partial charge on any atom is -0.393 e. The van der Waals surface area contributed by atoms with E-state index in [0.29, 0.717) is 6.42 Å². The van der Waals surface area contributed by atoms with Gasteiger partial charge in [-0.05, 0) is 31.1 Å². The van der Waals surface area contributed by atoms with Crippen LogP contribution in [0.4, 0.5) is 0 Å². The highest BCUT2D eigenvalue weighted by atomic mass is 16.3. The van der Waals surface area contributed by atoms with E-state index in [4.69, 9.17) is 5.73 Å². The van der Waals surface area contributed by atoms with E-state index in [1.54, 1.807) is 0 Å². The summed E-state index contributed by atoms with van der Waals surface area (Å²) in [4.78, 5) is 11.3. The molecule has 0 radical (unpaired) electrons. The second-order valence-corrected chi connectivity index (χ2v) is 6.22. The van der Waals surface area contributed by atoms with Crippen LogP contribution in [0.2, 0.25) is 0 Å². The highest BCUT2D eigenvalue weighted by Gasteiger charge is 2.23. The lowest BCUT2D eigenvalue weighted by Gasteiger charge is -2.24. The van der Waals surface area contributed by atoms with Gasteiger partial charge in [0.25, 0.3) is 0 Å². The highest BCUT2D eigenvalue weighted by Crippen LogP contribution is 2.29. The zero-order valence-electron chi connectivity index (χ0n) is 11.9. The molecule has 3 nitrogen and oxygen atoms in total. The molecule has 0 spiro atoms. The number of aliphatic hydroxyl groups excluding tert-OH is 1. The first-order valence-corrected chi connectivity index (χ1v) is 7.48. The minimum atomic E-state index is -0.369. The summed E-state index contributed by atoms with van der Waals surface area (Å²) in [5.74, 6) is 0.541. The Bertz CT molecular complexity index is 247. The summed E-state index contributed by atoms with van der Waals surface area (Å²) >= 11 is 0. The maximum absolute atomic E-state index is 11.3. The first kappa shape index (κ1) is 15.5. The van der Waals surface area contributed by atoms with Crippen molar-refractivity contribution in [3.63, 3.8) is 0 Å². The fraction of sp³-hybridized carbons (Fsp3) is 0.933. The maximum Gasteiger partial charge on any atom is 0.220 e. The largest absolute Gasteiger partial charge is 0.393 e. The van der Waals surface area contributed by atoms with Crippen molar-refractivity contribution in [1.29, 1.82) is 0 Å². The maximum atomic E-state index is 11.3. The molecule has 0 saturated heterocycles. The van der Waals surface area contributed by atoms with Crippen LogP contribution in [0.25, 0.3) is 0 Å². The van der Waals surface area contributed by atoms with Crippen molar-refractivity contribution in [2.75, 3.05) is 0 Å². The molecule has 0 unspecified atom stereocenters. The Balaban J connectivity index is 2.26. The monoisotopic (exact) mass is 255 g/mol. The average molecular weight is 255 g/mol. The third-order valence-electron chi connectivity index (χ3n) is 4.33. The molecular formula is C15H29NO2. The van der Waals surface area contributed by atoms with Crippen molar-refractivity contribution in [3.8, 4) is 0 Å². The van der Waals surface area contributed by atoms with E-state index in [9.17, 15) is 9.90 Å². The Morgan fingerprint density at radius 1 is 1.28 bits per heavy atom. The van der Waals surface area contributed by atoms with Crippen LogP contribution in [-0.2, 0) is 4.79 Å². The molecule has 1 aliphatic rings. The smallest absolute Gasteiger partial charge is 0.220 e. The van der Waals surface area contributed by atoms with Crippen molar-refractivity contribution < 1.29 is 9.90 Å². The number of hydrogen-bond donors (Lipinski definition) is 2. The van der Waals surface area contributed by atoms with Crippen LogP contribution in [0, 0.1) is 17.8 Å². The lowest BCUT2D eigenvalue weighted by Crippen LogP contribution is -2.31. The van der Waals surface area contributed by atoms with Crippen LogP contribution in [0.5, 0.6) is 0 Å². The average Bonchev–Trinajstić information content (AvgIpc) is 2.34. The number of carbonyl (C=O) groups is 1. The number of amides is 1. The number of hydrogen-bond acceptors (Lipinski definition) is 2. The Morgan fingerprint density at radius 3 is 2.39 bits per heavy atom. The Morgan fingerprint density at radius 2 is 1.89 bits per heavy atom. The standard InChI is InChI=1S/C15H29NO2/c1-11(2)14(15(16)18)10-13(17)9-8-12-6-4-3-5-7-12/h11-14,17H,3-10H2,1-2H3,(H2,16,18)/t13-,14-/m0/s1. The lowest BCUT2D eigenvalue weighted by molar-refractivity contribution is -0.124. The minimum absolute atomic E-state index is 0.189. The summed E-state index contributed by atoms with van der Waals surface area (Å²) in [6.45, 7) is 3.98. The molecule has 0 aromatic rings. The SMILES string of the molecule is CC(C)[C@H](C[C@@H](O)CCC1CCCCC1)C(N)=O. The molecule has 1 saturated carbocycles. The predicted molar refractivity (Wildman–Crippen MR) is 74.0 cm³/mol. The van der Waals surface area contributed by atoms with Gasteiger partial charge < -0.3 is 10.8 Å². The first-order chi connectivity index (χ1) is 8.50. The van der Waals surface area contributed by atoms with Gasteiger partial charge in [0.05, 0.1) is 6.10 Å². The summed E-state index contributed by atoms with van der Waals surface area (Å²) in [6, 6.07) is 0. The number of carbonyl (C=O) groups excluding carboxylic acids is 1. The molecule has 2 atom stereocenters. The van der Waals surface area contributed by atoms with E-state index in [1.165, 1.54) is 32.1 Å². The number of rotatable bonds is 7. The Hall–Kier alpha value is -0.570. The topological polar surface area (TPSA) is 63.3 Å². The zero-order chi connectivity index (χ0) is 13.5. The summed E-state index contributed by atoms with van der Waals surface area (Å²) in [7, 11) is 0. The van der Waals surface area contributed by atoms with Gasteiger partial charge in [-0.1, -0.05) is 46.0 Å². The molecule has 0 bridgehead atoms. The molecule has 0 aromatic carbocycles. The van der Waals surface area contributed by atoms with Gasteiger partial charge in [0.15, 0.2) is 0 Å². The van der Waals surface area contributed by atoms with Gasteiger partial charge >= 0.3 is 0 Å². The first-order valence-electron chi connectivity index (χ1n) is 7.48. The molecule has 0 heterocycles. The second-order valence-electron chi connectivity index (χ2n) is 6.22.